The molecule has 0 N–H and O–H groups in total. The highest BCUT2D eigenvalue weighted by Crippen LogP contribution is 2.17. The molecule has 4 rings (SSSR count). The van der Waals surface area contributed by atoms with Crippen molar-refractivity contribution in [2.75, 3.05) is 31.7 Å². The van der Waals surface area contributed by atoms with Crippen molar-refractivity contribution in [2.45, 2.75) is 6.10 Å². The Hall–Kier alpha value is -4.41. The molecule has 1 atom stereocenters. The van der Waals surface area contributed by atoms with Gasteiger partial charge in [-0.05, 0) is 18.4 Å². The Bertz CT molecular complexity index is 1140. The summed E-state index contributed by atoms with van der Waals surface area (Å²) in [6.45, 7) is 1.01. The Morgan fingerprint density at radius 1 is 1.00 bits per heavy atom. The molecule has 2 aliphatic heterocycles. The second kappa shape index (κ2) is 11.6. The number of nitrogens with zero attached hydrogens (tertiary/aromatic N) is 6. The number of thioether (sulfide) groups is 1. The molecule has 2 aliphatic rings. The summed E-state index contributed by atoms with van der Waals surface area (Å²) in [5, 5.41) is 30.7. The van der Waals surface area contributed by atoms with Gasteiger partial charge in [0.05, 0.1) is 37.7 Å². The van der Waals surface area contributed by atoms with Gasteiger partial charge in [0.25, 0.3) is 0 Å². The van der Waals surface area contributed by atoms with Gasteiger partial charge in [-0.2, -0.15) is 32.0 Å². The lowest BCUT2D eigenvalue weighted by atomic mass is 10.4. The number of amides is 2. The summed E-state index contributed by atoms with van der Waals surface area (Å²) in [5.41, 5.74) is 0. The highest BCUT2D eigenvalue weighted by molar-refractivity contribution is 7.98. The molecule has 0 bridgehead atoms. The van der Waals surface area contributed by atoms with Crippen molar-refractivity contribution in [1.29, 1.82) is 0 Å². The van der Waals surface area contributed by atoms with Gasteiger partial charge in [0, 0.05) is 5.75 Å². The summed E-state index contributed by atoms with van der Waals surface area (Å²) in [4.78, 5) is 41.8. The first-order valence-corrected chi connectivity index (χ1v) is 11.1. The summed E-state index contributed by atoms with van der Waals surface area (Å²) >= 11 is 1.57. The van der Waals surface area contributed by atoms with Crippen LogP contribution >= 0.6 is 11.8 Å². The molecule has 4 heterocycles. The highest BCUT2D eigenvalue weighted by Gasteiger charge is 2.30. The number of hydrogen-bond donors (Lipinski definition) is 0. The third kappa shape index (κ3) is 7.03. The normalized spacial score (nSPS) is 17.6. The second-order valence-electron chi connectivity index (χ2n) is 6.64. The molecule has 0 saturated carbocycles. The van der Waals surface area contributed by atoms with Gasteiger partial charge in [0.1, 0.15) is 22.6 Å². The van der Waals surface area contributed by atoms with Crippen molar-refractivity contribution in [3.8, 4) is 0 Å². The Morgan fingerprint density at radius 3 is 2.03 bits per heavy atom. The smallest absolute Gasteiger partial charge is 0.433 e. The molecule has 2 amide bonds. The van der Waals surface area contributed by atoms with E-state index >= 15 is 0 Å². The molecule has 2 aromatic rings. The highest BCUT2D eigenvalue weighted by atomic mass is 32.2. The fourth-order valence-electron chi connectivity index (χ4n) is 2.64. The molecule has 17 heteroatoms. The van der Waals surface area contributed by atoms with Crippen LogP contribution < -0.4 is 0 Å². The quantitative estimate of drug-likeness (QED) is 0.287. The molecule has 0 aromatic carbocycles. The molecule has 35 heavy (non-hydrogen) atoms. The maximum atomic E-state index is 11.4. The van der Waals surface area contributed by atoms with E-state index < -0.39 is 22.0 Å². The van der Waals surface area contributed by atoms with E-state index in [4.69, 9.17) is 13.6 Å². The molecule has 2 aromatic heterocycles. The van der Waals surface area contributed by atoms with Crippen molar-refractivity contribution in [3.63, 3.8) is 0 Å². The van der Waals surface area contributed by atoms with Gasteiger partial charge in [0.2, 0.25) is 0 Å². The maximum absolute atomic E-state index is 11.4. The van der Waals surface area contributed by atoms with Crippen LogP contribution in [0.3, 0.4) is 0 Å². The number of carbonyl (C=O) groups is 2. The average Bonchev–Trinajstić information content (AvgIpc) is 3.60. The first-order valence-electron chi connectivity index (χ1n) is 9.74. The predicted molar refractivity (Wildman–Crippen MR) is 119 cm³/mol. The number of rotatable bonds is 8. The summed E-state index contributed by atoms with van der Waals surface area (Å²) < 4.78 is 19.4. The third-order valence-corrected chi connectivity index (χ3v) is 4.89. The minimum absolute atomic E-state index is 0.189. The number of furan rings is 2. The minimum Gasteiger partial charge on any atom is -0.446 e. The monoisotopic (exact) mass is 510 g/mol. The number of hydrazone groups is 2. The second-order valence-corrected chi connectivity index (χ2v) is 7.55. The van der Waals surface area contributed by atoms with Crippen molar-refractivity contribution in [1.82, 2.24) is 10.0 Å². The van der Waals surface area contributed by atoms with E-state index in [1.54, 1.807) is 11.8 Å². The summed E-state index contributed by atoms with van der Waals surface area (Å²) in [6, 6.07) is 5.23. The summed E-state index contributed by atoms with van der Waals surface area (Å²) in [7, 11) is 0. The van der Waals surface area contributed by atoms with Crippen molar-refractivity contribution in [2.24, 2.45) is 10.2 Å². The SMILES string of the molecule is CSCC1CN(/N=C/c2ccc([N+](=O)[O-])o2)C(=O)O1.O=C1OCCN1/N=C/c1ccc([N+](=O)[O-])o1. The zero-order valence-corrected chi connectivity index (χ0v) is 18.9. The van der Waals surface area contributed by atoms with E-state index in [1.807, 2.05) is 6.26 Å². The fourth-order valence-corrected chi connectivity index (χ4v) is 3.18. The van der Waals surface area contributed by atoms with Crippen LogP contribution in [0, 0.1) is 20.2 Å². The molecule has 16 nitrogen and oxygen atoms in total. The Kier molecular flexibility index (Phi) is 8.38. The van der Waals surface area contributed by atoms with Crippen LogP contribution in [0.2, 0.25) is 0 Å². The molecule has 1 unspecified atom stereocenters. The lowest BCUT2D eigenvalue weighted by Crippen LogP contribution is -2.19. The Labute approximate surface area is 200 Å². The number of hydrogen-bond acceptors (Lipinski definition) is 13. The summed E-state index contributed by atoms with van der Waals surface area (Å²) in [5.74, 6) is 0.361. The van der Waals surface area contributed by atoms with Gasteiger partial charge < -0.3 is 18.3 Å². The van der Waals surface area contributed by atoms with E-state index in [2.05, 4.69) is 14.9 Å². The first-order chi connectivity index (χ1) is 16.8. The lowest BCUT2D eigenvalue weighted by molar-refractivity contribution is -0.402. The van der Waals surface area contributed by atoms with Gasteiger partial charge in [-0.25, -0.2) is 9.59 Å². The molecular formula is C18H18N6O10S. The molecule has 0 radical (unpaired) electrons. The number of nitro groups is 2. The fraction of sp³-hybridized carbons (Fsp3) is 0.333. The van der Waals surface area contributed by atoms with E-state index in [0.29, 0.717) is 18.8 Å². The first kappa shape index (κ1) is 25.2. The van der Waals surface area contributed by atoms with Gasteiger partial charge in [0.15, 0.2) is 11.5 Å². The third-order valence-electron chi connectivity index (χ3n) is 4.18. The van der Waals surface area contributed by atoms with E-state index in [0.717, 1.165) is 10.0 Å². The Morgan fingerprint density at radius 2 is 1.57 bits per heavy atom. The van der Waals surface area contributed by atoms with Gasteiger partial charge in [-0.15, -0.1) is 0 Å². The molecule has 186 valence electrons. The van der Waals surface area contributed by atoms with Crippen LogP contribution in [0.1, 0.15) is 11.5 Å². The standard InChI is InChI=1S/C10H11N3O5S.C8H7N3O5/c1-19-6-8-5-12(10(14)18-8)11-4-7-2-3-9(17-7)13(15)16;12-8-10(3-4-15-8)9-5-6-1-2-7(16-6)11(13)14/h2-4,8H,5-6H2,1H3;1-2,5H,3-4H2/b11-4+;9-5+. The Balaban J connectivity index is 0.000000198. The molecule has 2 saturated heterocycles. The molecular weight excluding hydrogens is 492 g/mol. The number of cyclic esters (lactones) is 2. The van der Waals surface area contributed by atoms with E-state index in [-0.39, 0.29) is 36.0 Å². The van der Waals surface area contributed by atoms with Crippen molar-refractivity contribution in [3.05, 3.63) is 56.0 Å². The van der Waals surface area contributed by atoms with Gasteiger partial charge >= 0.3 is 24.0 Å². The van der Waals surface area contributed by atoms with E-state index in [9.17, 15) is 29.8 Å². The van der Waals surface area contributed by atoms with Crippen molar-refractivity contribution < 1.29 is 37.7 Å². The van der Waals surface area contributed by atoms with Crippen LogP contribution in [0.25, 0.3) is 0 Å². The maximum Gasteiger partial charge on any atom is 0.433 e. The largest absolute Gasteiger partial charge is 0.446 e. The van der Waals surface area contributed by atoms with Crippen LogP contribution in [-0.4, -0.2) is 82.3 Å². The van der Waals surface area contributed by atoms with Crippen LogP contribution in [0.15, 0.2) is 43.3 Å². The molecule has 2 fully saturated rings. The lowest BCUT2D eigenvalue weighted by Gasteiger charge is -2.04. The van der Waals surface area contributed by atoms with Crippen LogP contribution in [-0.2, 0) is 9.47 Å². The predicted octanol–water partition coefficient (Wildman–Crippen LogP) is 2.68. The topological polar surface area (TPSA) is 196 Å². The van der Waals surface area contributed by atoms with Gasteiger partial charge in [-0.1, -0.05) is 0 Å². The van der Waals surface area contributed by atoms with Gasteiger partial charge in [-0.3, -0.25) is 20.2 Å². The molecule has 0 spiro atoms. The average molecular weight is 510 g/mol. The minimum atomic E-state index is -0.651. The van der Waals surface area contributed by atoms with Crippen LogP contribution in [0.4, 0.5) is 21.4 Å². The molecule has 0 aliphatic carbocycles. The zero-order chi connectivity index (χ0) is 25.4. The summed E-state index contributed by atoms with van der Waals surface area (Å²) in [6.07, 6.45) is 3.12. The zero-order valence-electron chi connectivity index (χ0n) is 18.0. The number of carbonyl (C=O) groups excluding carboxylic acids is 2. The van der Waals surface area contributed by atoms with Crippen LogP contribution in [0.5, 0.6) is 0 Å². The number of ether oxygens (including phenoxy) is 2. The van der Waals surface area contributed by atoms with Crippen molar-refractivity contribution >= 4 is 48.1 Å². The van der Waals surface area contributed by atoms with E-state index in [1.165, 1.54) is 36.7 Å².